The average Bonchev–Trinajstić information content (AvgIpc) is 2.79. The van der Waals surface area contributed by atoms with Crippen LogP contribution in [0, 0.1) is 5.92 Å². The quantitative estimate of drug-likeness (QED) is 0.140. The van der Waals surface area contributed by atoms with Crippen LogP contribution in [-0.2, 0) is 4.79 Å². The van der Waals surface area contributed by atoms with Crippen molar-refractivity contribution < 1.29 is 29.6 Å². The van der Waals surface area contributed by atoms with E-state index in [-0.39, 0.29) is 17.2 Å². The van der Waals surface area contributed by atoms with Gasteiger partial charge in [-0.2, -0.15) is 0 Å². The van der Waals surface area contributed by atoms with Crippen molar-refractivity contribution in [2.45, 2.75) is 103 Å². The van der Waals surface area contributed by atoms with E-state index in [1.165, 1.54) is 88.8 Å². The van der Waals surface area contributed by atoms with Gasteiger partial charge in [-0.05, 0) is 24.5 Å². The Bertz CT molecular complexity index is 618. The molecule has 6 nitrogen and oxygen atoms in total. The summed E-state index contributed by atoms with van der Waals surface area (Å²) in [6.45, 7) is 4.09. The largest absolute Gasteiger partial charge is 0.508 e. The molecule has 0 bridgehead atoms. The van der Waals surface area contributed by atoms with Crippen LogP contribution in [0.3, 0.4) is 0 Å². The fraction of sp³-hybridized carbons (Fsp3) is 0.731. The van der Waals surface area contributed by atoms with Gasteiger partial charge >= 0.3 is 5.97 Å². The van der Waals surface area contributed by atoms with Crippen LogP contribution in [-0.4, -0.2) is 40.6 Å². The van der Waals surface area contributed by atoms with Gasteiger partial charge in [-0.3, -0.25) is 0 Å². The van der Waals surface area contributed by atoms with E-state index >= 15 is 0 Å². The summed E-state index contributed by atoms with van der Waals surface area (Å²) in [5.74, 6) is -0.293. The molecule has 6 heteroatoms. The zero-order chi connectivity index (χ0) is 23.6. The molecule has 1 aromatic carbocycles. The van der Waals surface area contributed by atoms with E-state index in [0.29, 0.717) is 12.5 Å². The minimum atomic E-state index is -1.61. The highest BCUT2D eigenvalue weighted by Gasteiger charge is 2.19. The van der Waals surface area contributed by atoms with Gasteiger partial charge in [0, 0.05) is 6.07 Å². The molecule has 0 aliphatic carbocycles. The lowest BCUT2D eigenvalue weighted by molar-refractivity contribution is -0.145. The number of unbranched alkanes of at least 4 members (excludes halogenated alkanes) is 11. The lowest BCUT2D eigenvalue weighted by Gasteiger charge is -2.16. The summed E-state index contributed by atoms with van der Waals surface area (Å²) in [6, 6.07) is 4.16. The van der Waals surface area contributed by atoms with Crippen molar-refractivity contribution in [1.82, 2.24) is 0 Å². The fourth-order valence-corrected chi connectivity index (χ4v) is 3.59. The standard InChI is InChI=1S/C26H44O6/c1-3-4-5-6-7-8-9-10-11-12-13-14-15-21(2)20-31-25-18-22(28)16-17-24(25)32-26(30)23(29)19-27/h16-18,21,23,27-29H,3-15,19-20H2,1-2H3. The molecule has 2 unspecified atom stereocenters. The van der Waals surface area contributed by atoms with E-state index in [1.807, 2.05) is 0 Å². The first-order valence-electron chi connectivity index (χ1n) is 12.4. The van der Waals surface area contributed by atoms with Crippen LogP contribution < -0.4 is 9.47 Å². The number of aromatic hydroxyl groups is 1. The molecule has 0 amide bonds. The molecular formula is C26H44O6. The van der Waals surface area contributed by atoms with E-state index in [4.69, 9.17) is 14.6 Å². The summed E-state index contributed by atoms with van der Waals surface area (Å²) in [7, 11) is 0. The van der Waals surface area contributed by atoms with Crippen LogP contribution in [0.4, 0.5) is 0 Å². The first-order chi connectivity index (χ1) is 15.5. The monoisotopic (exact) mass is 452 g/mol. The molecule has 0 radical (unpaired) electrons. The second-order valence-corrected chi connectivity index (χ2v) is 8.84. The van der Waals surface area contributed by atoms with Crippen molar-refractivity contribution >= 4 is 5.97 Å². The number of phenolic OH excluding ortho intramolecular Hbond substituents is 1. The second-order valence-electron chi connectivity index (χ2n) is 8.84. The van der Waals surface area contributed by atoms with E-state index in [1.54, 1.807) is 0 Å². The number of carbonyl (C=O) groups excluding carboxylic acids is 1. The zero-order valence-corrected chi connectivity index (χ0v) is 20.1. The smallest absolute Gasteiger partial charge is 0.342 e. The SMILES string of the molecule is CCCCCCCCCCCCCCC(C)COc1cc(O)ccc1OC(=O)C(O)CO. The number of esters is 1. The molecule has 0 spiro atoms. The molecule has 32 heavy (non-hydrogen) atoms. The maximum absolute atomic E-state index is 11.7. The average molecular weight is 453 g/mol. The van der Waals surface area contributed by atoms with Crippen molar-refractivity contribution in [3.63, 3.8) is 0 Å². The summed E-state index contributed by atoms with van der Waals surface area (Å²) in [5.41, 5.74) is 0. The summed E-state index contributed by atoms with van der Waals surface area (Å²) in [4.78, 5) is 11.7. The predicted molar refractivity (Wildman–Crippen MR) is 127 cm³/mol. The Balaban J connectivity index is 2.18. The van der Waals surface area contributed by atoms with E-state index in [9.17, 15) is 15.0 Å². The molecular weight excluding hydrogens is 408 g/mol. The van der Waals surface area contributed by atoms with Gasteiger partial charge in [-0.25, -0.2) is 4.79 Å². The Morgan fingerprint density at radius 2 is 1.47 bits per heavy atom. The number of hydrogen-bond acceptors (Lipinski definition) is 6. The maximum atomic E-state index is 11.7. The predicted octanol–water partition coefficient (Wildman–Crippen LogP) is 5.76. The maximum Gasteiger partial charge on any atom is 0.342 e. The number of benzene rings is 1. The summed E-state index contributed by atoms with van der Waals surface area (Å²) >= 11 is 0. The molecule has 0 heterocycles. The van der Waals surface area contributed by atoms with Crippen molar-refractivity contribution in [3.8, 4) is 17.2 Å². The lowest BCUT2D eigenvalue weighted by atomic mass is 10.0. The van der Waals surface area contributed by atoms with Crippen LogP contribution >= 0.6 is 0 Å². The fourth-order valence-electron chi connectivity index (χ4n) is 3.59. The van der Waals surface area contributed by atoms with Crippen molar-refractivity contribution in [2.24, 2.45) is 5.92 Å². The molecule has 3 N–H and O–H groups in total. The molecule has 184 valence electrons. The van der Waals surface area contributed by atoms with Crippen LogP contribution in [0.25, 0.3) is 0 Å². The van der Waals surface area contributed by atoms with Gasteiger partial charge in [-0.1, -0.05) is 90.9 Å². The van der Waals surface area contributed by atoms with Gasteiger partial charge in [0.2, 0.25) is 0 Å². The van der Waals surface area contributed by atoms with E-state index in [0.717, 1.165) is 12.8 Å². The summed E-state index contributed by atoms with van der Waals surface area (Å²) in [6.07, 6.45) is 15.4. The van der Waals surface area contributed by atoms with Crippen molar-refractivity contribution in [1.29, 1.82) is 0 Å². The molecule has 0 aromatic heterocycles. The van der Waals surface area contributed by atoms with Crippen LogP contribution in [0.1, 0.15) is 97.3 Å². The Morgan fingerprint density at radius 1 is 0.906 bits per heavy atom. The van der Waals surface area contributed by atoms with Gasteiger partial charge in [0.1, 0.15) is 5.75 Å². The first kappa shape index (κ1) is 28.2. The molecule has 1 rings (SSSR count). The van der Waals surface area contributed by atoms with Crippen LogP contribution in [0.15, 0.2) is 18.2 Å². The number of aliphatic hydroxyl groups is 2. The van der Waals surface area contributed by atoms with E-state index < -0.39 is 18.7 Å². The third-order valence-electron chi connectivity index (χ3n) is 5.66. The van der Waals surface area contributed by atoms with Crippen LogP contribution in [0.2, 0.25) is 0 Å². The summed E-state index contributed by atoms with van der Waals surface area (Å²) < 4.78 is 10.8. The first-order valence-corrected chi connectivity index (χ1v) is 12.4. The Kier molecular flexibility index (Phi) is 15.6. The van der Waals surface area contributed by atoms with Crippen LogP contribution in [0.5, 0.6) is 17.2 Å². The highest BCUT2D eigenvalue weighted by molar-refractivity contribution is 5.77. The van der Waals surface area contributed by atoms with Gasteiger partial charge in [0.05, 0.1) is 13.2 Å². The van der Waals surface area contributed by atoms with E-state index in [2.05, 4.69) is 13.8 Å². The number of carbonyl (C=O) groups is 1. The third kappa shape index (κ3) is 12.9. The molecule has 0 aliphatic heterocycles. The topological polar surface area (TPSA) is 96.2 Å². The number of ether oxygens (including phenoxy) is 2. The van der Waals surface area contributed by atoms with Gasteiger partial charge in [-0.15, -0.1) is 0 Å². The number of aliphatic hydroxyl groups excluding tert-OH is 2. The summed E-state index contributed by atoms with van der Waals surface area (Å²) in [5, 5.41) is 27.9. The van der Waals surface area contributed by atoms with Gasteiger partial charge in [0.15, 0.2) is 17.6 Å². The number of rotatable bonds is 19. The van der Waals surface area contributed by atoms with Crippen molar-refractivity contribution in [3.05, 3.63) is 18.2 Å². The highest BCUT2D eigenvalue weighted by Crippen LogP contribution is 2.32. The Hall–Kier alpha value is -1.79. The minimum Gasteiger partial charge on any atom is -0.508 e. The molecule has 0 saturated carbocycles. The molecule has 0 aliphatic rings. The second kappa shape index (κ2) is 17.7. The lowest BCUT2D eigenvalue weighted by Crippen LogP contribution is -2.29. The normalized spacial score (nSPS) is 13.0. The molecule has 0 fully saturated rings. The molecule has 2 atom stereocenters. The number of phenols is 1. The van der Waals surface area contributed by atoms with Gasteiger partial charge in [0.25, 0.3) is 0 Å². The highest BCUT2D eigenvalue weighted by atomic mass is 16.6. The number of hydrogen-bond donors (Lipinski definition) is 3. The minimum absolute atomic E-state index is 0.00359. The van der Waals surface area contributed by atoms with Crippen molar-refractivity contribution in [2.75, 3.05) is 13.2 Å². The third-order valence-corrected chi connectivity index (χ3v) is 5.66. The molecule has 1 aromatic rings. The molecule has 0 saturated heterocycles. The Labute approximate surface area is 194 Å². The Morgan fingerprint density at radius 3 is 2.03 bits per heavy atom. The zero-order valence-electron chi connectivity index (χ0n) is 20.1. The van der Waals surface area contributed by atoms with Gasteiger partial charge < -0.3 is 24.8 Å².